The molecule has 2 N–H and O–H groups in total. The van der Waals surface area contributed by atoms with Gasteiger partial charge < -0.3 is 9.96 Å². The number of hydrogen-bond donors (Lipinski definition) is 2. The van der Waals surface area contributed by atoms with E-state index in [0.29, 0.717) is 12.1 Å². The smallest absolute Gasteiger partial charge is 0.195 e. The number of hydrogen-bond acceptors (Lipinski definition) is 2. The molecule has 0 fully saturated rings. The van der Waals surface area contributed by atoms with Crippen LogP contribution in [0.4, 0.5) is 0 Å². The van der Waals surface area contributed by atoms with Gasteiger partial charge in [0.2, 0.25) is 0 Å². The quantitative estimate of drug-likeness (QED) is 0.634. The first-order chi connectivity index (χ1) is 4.83. The van der Waals surface area contributed by atoms with Gasteiger partial charge in [0, 0.05) is 0 Å². The molecule has 0 aliphatic carbocycles. The molecule has 0 aromatic carbocycles. The van der Waals surface area contributed by atoms with Crippen molar-refractivity contribution in [1.82, 2.24) is 9.96 Å². The molecule has 0 saturated carbocycles. The van der Waals surface area contributed by atoms with Crippen molar-refractivity contribution in [3.63, 3.8) is 0 Å². The van der Waals surface area contributed by atoms with E-state index in [2.05, 4.69) is 50.8 Å². The molecule has 0 saturated heterocycles. The number of nitrogens with one attached hydrogen (secondary N) is 2. The van der Waals surface area contributed by atoms with E-state index in [9.17, 15) is 0 Å². The first kappa shape index (κ1) is 11.1. The molecule has 0 aromatic heterocycles. The van der Waals surface area contributed by atoms with E-state index in [-0.39, 0.29) is 0 Å². The van der Waals surface area contributed by atoms with E-state index in [0.717, 1.165) is 0 Å². The summed E-state index contributed by atoms with van der Waals surface area (Å²) in [5.41, 5.74) is 0. The zero-order valence-electron chi connectivity index (χ0n) is 8.65. The Bertz CT molecular complexity index is 98.7. The van der Waals surface area contributed by atoms with Gasteiger partial charge in [0.15, 0.2) is 8.40 Å². The van der Waals surface area contributed by atoms with Crippen molar-refractivity contribution in [1.29, 1.82) is 0 Å². The molecule has 0 aliphatic heterocycles. The minimum atomic E-state index is -1.33. The van der Waals surface area contributed by atoms with Gasteiger partial charge in [-0.2, -0.15) is 0 Å². The zero-order valence-corrected chi connectivity index (χ0v) is 9.65. The second-order valence-corrected chi connectivity index (χ2v) is 8.05. The van der Waals surface area contributed by atoms with Gasteiger partial charge in [-0.25, -0.2) is 0 Å². The first-order valence-electron chi connectivity index (χ1n) is 4.39. The third-order valence-corrected chi connectivity index (χ3v) is 3.90. The lowest BCUT2D eigenvalue weighted by Crippen LogP contribution is -2.61. The summed E-state index contributed by atoms with van der Waals surface area (Å²) < 4.78 is 0. The molecule has 3 heteroatoms. The summed E-state index contributed by atoms with van der Waals surface area (Å²) in [7, 11) is -1.33. The Kier molecular flexibility index (Phi) is 4.29. The Balaban J connectivity index is 3.79. The van der Waals surface area contributed by atoms with Gasteiger partial charge in [0.05, 0.1) is 0 Å². The van der Waals surface area contributed by atoms with Crippen LogP contribution in [0.5, 0.6) is 0 Å². The predicted molar refractivity (Wildman–Crippen MR) is 54.0 cm³/mol. The van der Waals surface area contributed by atoms with Gasteiger partial charge in [-0.3, -0.25) is 0 Å². The van der Waals surface area contributed by atoms with Crippen LogP contribution in [0.2, 0.25) is 13.1 Å². The Morgan fingerprint density at radius 3 is 1.27 bits per heavy atom. The van der Waals surface area contributed by atoms with Crippen LogP contribution in [0.3, 0.4) is 0 Å². The standard InChI is InChI=1S/C8H22N2Si/c1-7(2)9-11(5,6)10-8(3)4/h7-10H,1-6H3. The van der Waals surface area contributed by atoms with Crippen LogP contribution in [0, 0.1) is 0 Å². The second kappa shape index (κ2) is 4.23. The number of rotatable bonds is 4. The van der Waals surface area contributed by atoms with Crippen LogP contribution in [0.1, 0.15) is 27.7 Å². The van der Waals surface area contributed by atoms with Crippen molar-refractivity contribution in [3.05, 3.63) is 0 Å². The van der Waals surface area contributed by atoms with Gasteiger partial charge in [0.1, 0.15) is 0 Å². The topological polar surface area (TPSA) is 24.1 Å². The lowest BCUT2D eigenvalue weighted by Gasteiger charge is -2.29. The fourth-order valence-corrected chi connectivity index (χ4v) is 4.46. The van der Waals surface area contributed by atoms with Crippen molar-refractivity contribution in [2.45, 2.75) is 52.9 Å². The summed E-state index contributed by atoms with van der Waals surface area (Å²) in [5.74, 6) is 0. The van der Waals surface area contributed by atoms with Crippen LogP contribution in [-0.4, -0.2) is 20.5 Å². The third-order valence-electron chi connectivity index (χ3n) is 1.30. The summed E-state index contributed by atoms with van der Waals surface area (Å²) >= 11 is 0. The van der Waals surface area contributed by atoms with Gasteiger partial charge >= 0.3 is 0 Å². The van der Waals surface area contributed by atoms with Crippen LogP contribution >= 0.6 is 0 Å². The van der Waals surface area contributed by atoms with E-state index < -0.39 is 8.40 Å². The van der Waals surface area contributed by atoms with E-state index in [4.69, 9.17) is 0 Å². The molecule has 0 rings (SSSR count). The lowest BCUT2D eigenvalue weighted by atomic mass is 10.4. The maximum atomic E-state index is 3.58. The molecule has 0 bridgehead atoms. The van der Waals surface area contributed by atoms with Crippen LogP contribution in [0.15, 0.2) is 0 Å². The molecular weight excluding hydrogens is 152 g/mol. The molecule has 68 valence electrons. The molecule has 0 radical (unpaired) electrons. The van der Waals surface area contributed by atoms with Gasteiger partial charge in [-0.1, -0.05) is 27.7 Å². The fraction of sp³-hybridized carbons (Fsp3) is 1.00. The molecule has 0 amide bonds. The Morgan fingerprint density at radius 1 is 0.818 bits per heavy atom. The summed E-state index contributed by atoms with van der Waals surface area (Å²) in [5, 5.41) is 0. The molecule has 11 heavy (non-hydrogen) atoms. The van der Waals surface area contributed by atoms with Gasteiger partial charge in [-0.15, -0.1) is 0 Å². The second-order valence-electron chi connectivity index (χ2n) is 4.22. The third kappa shape index (κ3) is 6.53. The van der Waals surface area contributed by atoms with Gasteiger partial charge in [0.25, 0.3) is 0 Å². The molecule has 0 spiro atoms. The summed E-state index contributed by atoms with van der Waals surface area (Å²) in [4.78, 5) is 7.16. The Morgan fingerprint density at radius 2 is 1.09 bits per heavy atom. The first-order valence-corrected chi connectivity index (χ1v) is 7.39. The van der Waals surface area contributed by atoms with E-state index in [1.807, 2.05) is 0 Å². The SMILES string of the molecule is CC(C)N[Si](C)(C)NC(C)C. The van der Waals surface area contributed by atoms with Crippen LogP contribution < -0.4 is 9.96 Å². The average Bonchev–Trinajstić information content (AvgIpc) is 1.53. The van der Waals surface area contributed by atoms with Crippen LogP contribution in [-0.2, 0) is 0 Å². The minimum Gasteiger partial charge on any atom is -0.323 e. The van der Waals surface area contributed by atoms with Gasteiger partial charge in [-0.05, 0) is 25.2 Å². The van der Waals surface area contributed by atoms with Crippen LogP contribution in [0.25, 0.3) is 0 Å². The minimum absolute atomic E-state index is 0.586. The Hall–Kier alpha value is 0.137. The summed E-state index contributed by atoms with van der Waals surface area (Å²) in [6.07, 6.45) is 0. The molecule has 0 unspecified atom stereocenters. The van der Waals surface area contributed by atoms with Crippen molar-refractivity contribution in [2.75, 3.05) is 0 Å². The van der Waals surface area contributed by atoms with Crippen molar-refractivity contribution >= 4 is 8.40 Å². The molecule has 0 atom stereocenters. The zero-order chi connectivity index (χ0) is 9.07. The molecular formula is C8H22N2Si. The van der Waals surface area contributed by atoms with Crippen molar-refractivity contribution in [2.24, 2.45) is 0 Å². The molecule has 2 nitrogen and oxygen atoms in total. The highest BCUT2D eigenvalue weighted by molar-refractivity contribution is 6.72. The normalized spacial score (nSPS) is 13.1. The maximum Gasteiger partial charge on any atom is 0.195 e. The maximum absolute atomic E-state index is 3.58. The highest BCUT2D eigenvalue weighted by atomic mass is 28.3. The monoisotopic (exact) mass is 174 g/mol. The largest absolute Gasteiger partial charge is 0.323 e. The summed E-state index contributed by atoms with van der Waals surface area (Å²) in [6.45, 7) is 13.4. The highest BCUT2D eigenvalue weighted by Gasteiger charge is 2.21. The summed E-state index contributed by atoms with van der Waals surface area (Å²) in [6, 6.07) is 1.17. The van der Waals surface area contributed by atoms with Crippen molar-refractivity contribution in [3.8, 4) is 0 Å². The Labute approximate surface area is 71.9 Å². The fourth-order valence-electron chi connectivity index (χ4n) is 1.49. The van der Waals surface area contributed by atoms with Crippen molar-refractivity contribution < 1.29 is 0 Å². The molecule has 0 aromatic rings. The van der Waals surface area contributed by atoms with E-state index in [1.165, 1.54) is 0 Å². The molecule has 0 aliphatic rings. The predicted octanol–water partition coefficient (Wildman–Crippen LogP) is 1.68. The average molecular weight is 174 g/mol. The van der Waals surface area contributed by atoms with E-state index in [1.54, 1.807) is 0 Å². The highest BCUT2D eigenvalue weighted by Crippen LogP contribution is 1.95. The van der Waals surface area contributed by atoms with E-state index >= 15 is 0 Å². The lowest BCUT2D eigenvalue weighted by molar-refractivity contribution is 0.666. The molecule has 0 heterocycles.